The largest absolute Gasteiger partial charge is 0.459 e. The average Bonchev–Trinajstić information content (AvgIpc) is 2.77. The summed E-state index contributed by atoms with van der Waals surface area (Å²) < 4.78 is 18.2. The zero-order valence-electron chi connectivity index (χ0n) is 8.04. The number of carbonyl (C=O) groups is 1. The summed E-state index contributed by atoms with van der Waals surface area (Å²) in [4.78, 5) is 11.6. The van der Waals surface area contributed by atoms with Crippen LogP contribution in [0.15, 0.2) is 45.5 Å². The molecule has 0 aliphatic rings. The molecule has 82 valence electrons. The molecule has 1 amide bonds. The van der Waals surface area contributed by atoms with Gasteiger partial charge in [0.1, 0.15) is 5.82 Å². The minimum atomic E-state index is -0.379. The lowest BCUT2D eigenvalue weighted by molar-refractivity contribution is 0.0996. The minimum absolute atomic E-state index is 0.209. The Labute approximate surface area is 99.4 Å². The van der Waals surface area contributed by atoms with E-state index >= 15 is 0 Å². The summed E-state index contributed by atoms with van der Waals surface area (Å²) in [5.41, 5.74) is 0.495. The Kier molecular flexibility index (Phi) is 3.05. The van der Waals surface area contributed by atoms with Crippen molar-refractivity contribution in [3.05, 3.63) is 52.6 Å². The molecule has 0 spiro atoms. The summed E-state index contributed by atoms with van der Waals surface area (Å²) in [6.45, 7) is 0. The van der Waals surface area contributed by atoms with E-state index in [1.807, 2.05) is 0 Å². The highest BCUT2D eigenvalue weighted by molar-refractivity contribution is 9.10. The van der Waals surface area contributed by atoms with Gasteiger partial charge in [-0.25, -0.2) is 4.39 Å². The zero-order chi connectivity index (χ0) is 11.5. The minimum Gasteiger partial charge on any atom is -0.459 e. The lowest BCUT2D eigenvalue weighted by Gasteiger charge is -2.03. The Hall–Kier alpha value is -1.62. The van der Waals surface area contributed by atoms with Gasteiger partial charge in [-0.05, 0) is 46.3 Å². The molecular formula is C11H7BrFNO2. The predicted octanol–water partition coefficient (Wildman–Crippen LogP) is 3.43. The Morgan fingerprint density at radius 3 is 2.81 bits per heavy atom. The third-order valence-corrected chi connectivity index (χ3v) is 2.53. The lowest BCUT2D eigenvalue weighted by Crippen LogP contribution is -2.10. The van der Waals surface area contributed by atoms with Crippen LogP contribution in [0.2, 0.25) is 0 Å². The number of nitrogens with one attached hydrogen (secondary N) is 1. The number of furan rings is 1. The highest BCUT2D eigenvalue weighted by Gasteiger charge is 2.09. The highest BCUT2D eigenvalue weighted by Crippen LogP contribution is 2.20. The van der Waals surface area contributed by atoms with E-state index < -0.39 is 0 Å². The van der Waals surface area contributed by atoms with Gasteiger partial charge in [0.25, 0.3) is 5.91 Å². The second-order valence-corrected chi connectivity index (χ2v) is 3.91. The molecule has 0 atom stereocenters. The molecule has 0 fully saturated rings. The van der Waals surface area contributed by atoms with E-state index in [-0.39, 0.29) is 17.5 Å². The third-order valence-electron chi connectivity index (χ3n) is 1.92. The maximum Gasteiger partial charge on any atom is 0.291 e. The first-order valence-electron chi connectivity index (χ1n) is 4.47. The molecule has 0 aliphatic carbocycles. The highest BCUT2D eigenvalue weighted by atomic mass is 79.9. The average molecular weight is 284 g/mol. The van der Waals surface area contributed by atoms with E-state index in [0.717, 1.165) is 0 Å². The number of halogens is 2. The van der Waals surface area contributed by atoms with E-state index in [0.29, 0.717) is 10.2 Å². The van der Waals surface area contributed by atoms with Gasteiger partial charge in [-0.1, -0.05) is 0 Å². The van der Waals surface area contributed by atoms with E-state index in [1.165, 1.54) is 24.5 Å². The Bertz CT molecular complexity index is 511. The van der Waals surface area contributed by atoms with E-state index in [1.54, 1.807) is 12.1 Å². The number of amides is 1. The van der Waals surface area contributed by atoms with Crippen molar-refractivity contribution in [3.8, 4) is 0 Å². The number of anilines is 1. The molecular weight excluding hydrogens is 277 g/mol. The molecule has 16 heavy (non-hydrogen) atoms. The predicted molar refractivity (Wildman–Crippen MR) is 60.8 cm³/mol. The SMILES string of the molecule is O=C(Nc1ccc(F)c(Br)c1)c1ccco1. The summed E-state index contributed by atoms with van der Waals surface area (Å²) in [6.07, 6.45) is 1.41. The lowest BCUT2D eigenvalue weighted by atomic mass is 10.3. The quantitative estimate of drug-likeness (QED) is 0.918. The molecule has 0 saturated heterocycles. The summed E-state index contributed by atoms with van der Waals surface area (Å²) in [5.74, 6) is -0.542. The zero-order valence-corrected chi connectivity index (χ0v) is 9.62. The second-order valence-electron chi connectivity index (χ2n) is 3.06. The molecule has 0 saturated carbocycles. The van der Waals surface area contributed by atoms with Crippen LogP contribution in [0.25, 0.3) is 0 Å². The van der Waals surface area contributed by atoms with Crippen molar-refractivity contribution in [3.63, 3.8) is 0 Å². The van der Waals surface area contributed by atoms with Gasteiger partial charge < -0.3 is 9.73 Å². The molecule has 0 bridgehead atoms. The molecule has 0 aliphatic heterocycles. The van der Waals surface area contributed by atoms with Crippen molar-refractivity contribution in [2.75, 3.05) is 5.32 Å². The van der Waals surface area contributed by atoms with Gasteiger partial charge in [-0.15, -0.1) is 0 Å². The maximum atomic E-state index is 12.9. The van der Waals surface area contributed by atoms with Crippen molar-refractivity contribution in [2.45, 2.75) is 0 Å². The number of hydrogen-bond acceptors (Lipinski definition) is 2. The Morgan fingerprint density at radius 2 is 2.19 bits per heavy atom. The molecule has 2 aromatic rings. The van der Waals surface area contributed by atoms with Crippen LogP contribution < -0.4 is 5.32 Å². The fourth-order valence-corrected chi connectivity index (χ4v) is 1.55. The van der Waals surface area contributed by atoms with Gasteiger partial charge in [-0.2, -0.15) is 0 Å². The molecule has 1 aromatic carbocycles. The summed E-state index contributed by atoms with van der Waals surface area (Å²) in [6, 6.07) is 7.39. The van der Waals surface area contributed by atoms with Crippen LogP contribution in [0.5, 0.6) is 0 Å². The summed E-state index contributed by atoms with van der Waals surface area (Å²) in [7, 11) is 0. The van der Waals surface area contributed by atoms with E-state index in [4.69, 9.17) is 4.42 Å². The fourth-order valence-electron chi connectivity index (χ4n) is 1.17. The summed E-state index contributed by atoms with van der Waals surface area (Å²) >= 11 is 3.03. The van der Waals surface area contributed by atoms with Gasteiger partial charge in [0, 0.05) is 5.69 Å². The van der Waals surface area contributed by atoms with Crippen LogP contribution in [0, 0.1) is 5.82 Å². The smallest absolute Gasteiger partial charge is 0.291 e. The molecule has 0 unspecified atom stereocenters. The topological polar surface area (TPSA) is 42.2 Å². The third kappa shape index (κ3) is 2.30. The number of carbonyl (C=O) groups excluding carboxylic acids is 1. The number of benzene rings is 1. The number of hydrogen-bond donors (Lipinski definition) is 1. The maximum absolute atomic E-state index is 12.9. The van der Waals surface area contributed by atoms with Gasteiger partial charge in [0.2, 0.25) is 0 Å². The molecule has 1 N–H and O–H groups in total. The van der Waals surface area contributed by atoms with Crippen LogP contribution in [0.1, 0.15) is 10.6 Å². The molecule has 0 radical (unpaired) electrons. The fraction of sp³-hybridized carbons (Fsp3) is 0. The van der Waals surface area contributed by atoms with Crippen LogP contribution in [0.4, 0.5) is 10.1 Å². The van der Waals surface area contributed by atoms with Crippen molar-refractivity contribution in [1.82, 2.24) is 0 Å². The molecule has 1 heterocycles. The first-order valence-corrected chi connectivity index (χ1v) is 5.26. The van der Waals surface area contributed by atoms with Crippen LogP contribution in [-0.4, -0.2) is 5.91 Å². The molecule has 2 rings (SSSR count). The van der Waals surface area contributed by atoms with E-state index in [2.05, 4.69) is 21.2 Å². The van der Waals surface area contributed by atoms with Crippen molar-refractivity contribution in [2.24, 2.45) is 0 Å². The molecule has 3 nitrogen and oxygen atoms in total. The first-order chi connectivity index (χ1) is 7.66. The van der Waals surface area contributed by atoms with Crippen molar-refractivity contribution < 1.29 is 13.6 Å². The number of rotatable bonds is 2. The normalized spacial score (nSPS) is 10.1. The van der Waals surface area contributed by atoms with Crippen LogP contribution in [-0.2, 0) is 0 Å². The van der Waals surface area contributed by atoms with E-state index in [9.17, 15) is 9.18 Å². The molecule has 5 heteroatoms. The standard InChI is InChI=1S/C11H7BrFNO2/c12-8-6-7(3-4-9(8)13)14-11(15)10-2-1-5-16-10/h1-6H,(H,14,15). The Morgan fingerprint density at radius 1 is 1.38 bits per heavy atom. The first kappa shape index (κ1) is 10.9. The van der Waals surface area contributed by atoms with Crippen LogP contribution in [0.3, 0.4) is 0 Å². The Balaban J connectivity index is 2.15. The van der Waals surface area contributed by atoms with Gasteiger partial charge >= 0.3 is 0 Å². The van der Waals surface area contributed by atoms with Crippen LogP contribution >= 0.6 is 15.9 Å². The van der Waals surface area contributed by atoms with Gasteiger partial charge in [0.05, 0.1) is 10.7 Å². The van der Waals surface area contributed by atoms with Gasteiger partial charge in [-0.3, -0.25) is 4.79 Å². The molecule has 1 aromatic heterocycles. The monoisotopic (exact) mass is 283 g/mol. The van der Waals surface area contributed by atoms with Crippen molar-refractivity contribution in [1.29, 1.82) is 0 Å². The summed E-state index contributed by atoms with van der Waals surface area (Å²) in [5, 5.41) is 2.58. The second kappa shape index (κ2) is 4.49. The van der Waals surface area contributed by atoms with Crippen molar-refractivity contribution >= 4 is 27.5 Å². The van der Waals surface area contributed by atoms with Gasteiger partial charge in [0.15, 0.2) is 5.76 Å².